The van der Waals surface area contributed by atoms with Crippen LogP contribution in [0.4, 0.5) is 0 Å². The van der Waals surface area contributed by atoms with E-state index in [1.807, 2.05) is 0 Å². The van der Waals surface area contributed by atoms with Crippen LogP contribution in [-0.4, -0.2) is 4.40 Å². The van der Waals surface area contributed by atoms with E-state index in [-0.39, 0.29) is 0 Å². The summed E-state index contributed by atoms with van der Waals surface area (Å²) >= 11 is 0. The van der Waals surface area contributed by atoms with Gasteiger partial charge in [0.25, 0.3) is 0 Å². The van der Waals surface area contributed by atoms with Crippen LogP contribution in [0.5, 0.6) is 0 Å². The second-order valence-electron chi connectivity index (χ2n) is 13.7. The zero-order valence-corrected chi connectivity index (χ0v) is 26.9. The van der Waals surface area contributed by atoms with Crippen molar-refractivity contribution >= 4 is 81.6 Å². The van der Waals surface area contributed by atoms with Crippen molar-refractivity contribution in [3.63, 3.8) is 0 Å². The van der Waals surface area contributed by atoms with Crippen LogP contribution in [0.2, 0.25) is 0 Å². The van der Waals surface area contributed by atoms with Gasteiger partial charge >= 0.3 is 0 Å². The monoisotopic (exact) mass is 633 g/mol. The van der Waals surface area contributed by atoms with E-state index in [0.29, 0.717) is 0 Å². The predicted octanol–water partition coefficient (Wildman–Crippen LogP) is 13.5. The molecule has 0 fully saturated rings. The molecule has 0 saturated carbocycles. The molecule has 0 aliphatic heterocycles. The van der Waals surface area contributed by atoms with Crippen LogP contribution < -0.4 is 0 Å². The summed E-state index contributed by atoms with van der Waals surface area (Å²) < 4.78 is 8.71. The Balaban J connectivity index is 0.975. The number of benzene rings is 9. The van der Waals surface area contributed by atoms with Crippen molar-refractivity contribution in [1.29, 1.82) is 0 Å². The summed E-state index contributed by atoms with van der Waals surface area (Å²) in [6.07, 6.45) is 0. The Morgan fingerprint density at radius 3 is 1.48 bits per heavy atom. The minimum Gasteiger partial charge on any atom is -0.456 e. The van der Waals surface area contributed by atoms with Crippen molar-refractivity contribution in [2.75, 3.05) is 0 Å². The molecule has 12 rings (SSSR count). The van der Waals surface area contributed by atoms with E-state index in [1.165, 1.54) is 104 Å². The van der Waals surface area contributed by atoms with E-state index in [2.05, 4.69) is 168 Å². The van der Waals surface area contributed by atoms with E-state index in [9.17, 15) is 0 Å². The average molecular weight is 634 g/mol. The van der Waals surface area contributed by atoms with E-state index in [0.717, 1.165) is 11.2 Å². The van der Waals surface area contributed by atoms with Crippen molar-refractivity contribution in [3.8, 4) is 33.4 Å². The zero-order valence-electron chi connectivity index (χ0n) is 26.9. The summed E-state index contributed by atoms with van der Waals surface area (Å²) in [6, 6.07) is 60.1. The maximum absolute atomic E-state index is 6.27. The molecule has 0 aliphatic carbocycles. The molecule has 3 heterocycles. The molecule has 0 atom stereocenters. The Kier molecular flexibility index (Phi) is 5.00. The van der Waals surface area contributed by atoms with Gasteiger partial charge in [-0.05, 0) is 103 Å². The van der Waals surface area contributed by atoms with Gasteiger partial charge in [0.1, 0.15) is 11.2 Å². The lowest BCUT2D eigenvalue weighted by Gasteiger charge is -2.12. The van der Waals surface area contributed by atoms with Gasteiger partial charge in [0, 0.05) is 32.3 Å². The van der Waals surface area contributed by atoms with Gasteiger partial charge in [-0.3, -0.25) is 0 Å². The molecule has 9 aromatic carbocycles. The fourth-order valence-corrected chi connectivity index (χ4v) is 8.87. The largest absolute Gasteiger partial charge is 0.456 e. The lowest BCUT2D eigenvalue weighted by atomic mass is 9.91. The van der Waals surface area contributed by atoms with Crippen LogP contribution in [0.25, 0.3) is 115 Å². The Hall–Kier alpha value is -6.64. The predicted molar refractivity (Wildman–Crippen MR) is 211 cm³/mol. The third-order valence-corrected chi connectivity index (χ3v) is 11.1. The van der Waals surface area contributed by atoms with Crippen molar-refractivity contribution in [2.45, 2.75) is 0 Å². The third-order valence-electron chi connectivity index (χ3n) is 11.1. The molecule has 3 aromatic heterocycles. The fourth-order valence-electron chi connectivity index (χ4n) is 8.87. The van der Waals surface area contributed by atoms with Gasteiger partial charge in [-0.15, -0.1) is 0 Å². The summed E-state index contributed by atoms with van der Waals surface area (Å²) in [5.41, 5.74) is 13.0. The first-order valence-electron chi connectivity index (χ1n) is 17.3. The van der Waals surface area contributed by atoms with Crippen molar-refractivity contribution in [2.24, 2.45) is 0 Å². The Bertz CT molecular complexity index is 3320. The first-order chi connectivity index (χ1) is 24.8. The minimum atomic E-state index is 0.950. The van der Waals surface area contributed by atoms with E-state index in [1.54, 1.807) is 0 Å². The molecule has 50 heavy (non-hydrogen) atoms. The molecule has 230 valence electrons. The molecule has 0 saturated heterocycles. The molecular weight excluding hydrogens is 607 g/mol. The van der Waals surface area contributed by atoms with Crippen LogP contribution in [0, 0.1) is 0 Å². The summed E-state index contributed by atoms with van der Waals surface area (Å²) in [5, 5.41) is 12.7. The molecule has 2 heteroatoms. The van der Waals surface area contributed by atoms with E-state index >= 15 is 0 Å². The van der Waals surface area contributed by atoms with E-state index < -0.39 is 0 Å². The van der Waals surface area contributed by atoms with Crippen LogP contribution in [0.3, 0.4) is 0 Å². The smallest absolute Gasteiger partial charge is 0.136 e. The zero-order chi connectivity index (χ0) is 32.5. The summed E-state index contributed by atoms with van der Waals surface area (Å²) in [7, 11) is 0. The molecule has 0 N–H and O–H groups in total. The van der Waals surface area contributed by atoms with Crippen molar-refractivity contribution in [3.05, 3.63) is 164 Å². The molecule has 0 radical (unpaired) electrons. The summed E-state index contributed by atoms with van der Waals surface area (Å²) in [4.78, 5) is 0. The first kappa shape index (κ1) is 26.3. The lowest BCUT2D eigenvalue weighted by Crippen LogP contribution is -1.86. The van der Waals surface area contributed by atoms with Gasteiger partial charge in [0.2, 0.25) is 0 Å². The Morgan fingerprint density at radius 1 is 0.300 bits per heavy atom. The second-order valence-corrected chi connectivity index (χ2v) is 13.7. The number of fused-ring (bicyclic) bond motifs is 9. The summed E-state index contributed by atoms with van der Waals surface area (Å²) in [6.45, 7) is 0. The molecule has 0 aliphatic rings. The number of aromatic nitrogens is 1. The number of nitrogens with zero attached hydrogens (tertiary/aromatic N) is 1. The molecule has 0 amide bonds. The molecule has 0 unspecified atom stereocenters. The molecule has 0 bridgehead atoms. The number of rotatable bonds is 3. The highest BCUT2D eigenvalue weighted by molar-refractivity contribution is 6.33. The van der Waals surface area contributed by atoms with Gasteiger partial charge in [-0.1, -0.05) is 115 Å². The molecule has 2 nitrogen and oxygen atoms in total. The number of hydrogen-bond acceptors (Lipinski definition) is 1. The first-order valence-corrected chi connectivity index (χ1v) is 17.3. The van der Waals surface area contributed by atoms with Crippen LogP contribution >= 0.6 is 0 Å². The van der Waals surface area contributed by atoms with Crippen LogP contribution in [0.15, 0.2) is 168 Å². The highest BCUT2D eigenvalue weighted by Gasteiger charge is 2.19. The van der Waals surface area contributed by atoms with Gasteiger partial charge in [0.15, 0.2) is 0 Å². The van der Waals surface area contributed by atoms with Gasteiger partial charge in [0.05, 0.1) is 16.6 Å². The Morgan fingerprint density at radius 2 is 0.780 bits per heavy atom. The third kappa shape index (κ3) is 3.42. The number of furan rings is 1. The average Bonchev–Trinajstić information content (AvgIpc) is 3.85. The topological polar surface area (TPSA) is 17.6 Å². The molecule has 0 spiro atoms. The quantitative estimate of drug-likeness (QED) is 0.177. The van der Waals surface area contributed by atoms with Crippen molar-refractivity contribution < 1.29 is 4.42 Å². The van der Waals surface area contributed by atoms with Crippen molar-refractivity contribution in [1.82, 2.24) is 4.40 Å². The van der Waals surface area contributed by atoms with Gasteiger partial charge in [-0.25, -0.2) is 0 Å². The number of para-hydroxylation sites is 2. The maximum atomic E-state index is 6.27. The standard InChI is InChI=1S/C48H27NO/c1-2-17-42-35(12-1)38-15-5-16-39-41-27-33(21-23-43(41)49(42)48(38)39)31-11-4-9-29(25-31)28-8-3-10-30(24-28)32-20-22-34-36-13-6-18-44-46(36)47-37(40(34)26-32)14-7-19-45(47)50-44/h1-27H. The fraction of sp³-hybridized carbons (Fsp3) is 0. The van der Waals surface area contributed by atoms with Gasteiger partial charge in [-0.2, -0.15) is 0 Å². The van der Waals surface area contributed by atoms with Gasteiger partial charge < -0.3 is 8.82 Å². The number of hydrogen-bond donors (Lipinski definition) is 0. The second kappa shape index (κ2) is 9.49. The minimum absolute atomic E-state index is 0.950. The molecular formula is C48H27NO. The van der Waals surface area contributed by atoms with E-state index in [4.69, 9.17) is 4.42 Å². The summed E-state index contributed by atoms with van der Waals surface area (Å²) in [5.74, 6) is 0. The SMILES string of the molecule is c1cc(-c2cccc(-c3ccc4c(c3)c3cccc5c6ccccc6n4c53)c2)cc(-c2ccc3c(c2)c2cccc4oc5cccc3c5c42)c1. The Labute approximate surface area is 286 Å². The highest BCUT2D eigenvalue weighted by atomic mass is 16.3. The van der Waals surface area contributed by atoms with Crippen LogP contribution in [0.1, 0.15) is 0 Å². The molecule has 12 aromatic rings. The lowest BCUT2D eigenvalue weighted by molar-refractivity contribution is 0.669. The maximum Gasteiger partial charge on any atom is 0.136 e. The van der Waals surface area contributed by atoms with Crippen LogP contribution in [-0.2, 0) is 0 Å². The normalized spacial score (nSPS) is 12.4. The highest BCUT2D eigenvalue weighted by Crippen LogP contribution is 2.44.